The first kappa shape index (κ1) is 15.7. The summed E-state index contributed by atoms with van der Waals surface area (Å²) in [6, 6.07) is 15.4. The zero-order chi connectivity index (χ0) is 16.9. The van der Waals surface area contributed by atoms with Crippen LogP contribution in [0.25, 0.3) is 17.5 Å². The number of benzene rings is 2. The third-order valence-corrected chi connectivity index (χ3v) is 3.51. The monoisotopic (exact) mass is 318 g/mol. The van der Waals surface area contributed by atoms with Crippen molar-refractivity contribution in [3.63, 3.8) is 0 Å². The minimum absolute atomic E-state index is 0.169. The molecular formula is C19H18N4O. The Balaban J connectivity index is 1.63. The van der Waals surface area contributed by atoms with Gasteiger partial charge in [-0.05, 0) is 49.8 Å². The molecule has 5 nitrogen and oxygen atoms in total. The van der Waals surface area contributed by atoms with E-state index < -0.39 is 0 Å². The van der Waals surface area contributed by atoms with Crippen LogP contribution in [-0.2, 0) is 4.79 Å². The lowest BCUT2D eigenvalue weighted by Gasteiger charge is -2.03. The number of nitrogens with zero attached hydrogens (tertiary/aromatic N) is 2. The molecule has 2 N–H and O–H groups in total. The van der Waals surface area contributed by atoms with Gasteiger partial charge < -0.3 is 5.32 Å². The highest BCUT2D eigenvalue weighted by Gasteiger charge is 2.04. The Bertz CT molecular complexity index is 861. The fourth-order valence-corrected chi connectivity index (χ4v) is 2.21. The Morgan fingerprint density at radius 1 is 1.04 bits per heavy atom. The van der Waals surface area contributed by atoms with Gasteiger partial charge in [-0.2, -0.15) is 5.10 Å². The number of rotatable bonds is 4. The predicted octanol–water partition coefficient (Wildman–Crippen LogP) is 3.74. The van der Waals surface area contributed by atoms with Crippen LogP contribution in [0.4, 0.5) is 5.69 Å². The molecule has 1 heterocycles. The number of aromatic amines is 1. The van der Waals surface area contributed by atoms with Gasteiger partial charge >= 0.3 is 0 Å². The summed E-state index contributed by atoms with van der Waals surface area (Å²) in [5, 5.41) is 9.75. The maximum Gasteiger partial charge on any atom is 0.248 e. The van der Waals surface area contributed by atoms with E-state index in [-0.39, 0.29) is 5.91 Å². The molecule has 1 amide bonds. The van der Waals surface area contributed by atoms with Crippen molar-refractivity contribution >= 4 is 17.7 Å². The topological polar surface area (TPSA) is 70.7 Å². The van der Waals surface area contributed by atoms with E-state index in [0.717, 1.165) is 22.6 Å². The smallest absolute Gasteiger partial charge is 0.248 e. The summed E-state index contributed by atoms with van der Waals surface area (Å²) < 4.78 is 0. The van der Waals surface area contributed by atoms with Crippen LogP contribution in [-0.4, -0.2) is 21.1 Å². The molecule has 0 aliphatic carbocycles. The number of carbonyl (C=O) groups is 1. The lowest BCUT2D eigenvalue weighted by molar-refractivity contribution is -0.111. The molecule has 5 heteroatoms. The van der Waals surface area contributed by atoms with E-state index in [0.29, 0.717) is 5.82 Å². The van der Waals surface area contributed by atoms with E-state index in [4.69, 9.17) is 0 Å². The molecule has 0 aliphatic heterocycles. The molecule has 0 radical (unpaired) electrons. The minimum atomic E-state index is -0.169. The zero-order valence-electron chi connectivity index (χ0n) is 13.6. The van der Waals surface area contributed by atoms with Crippen molar-refractivity contribution in [3.05, 3.63) is 71.6 Å². The summed E-state index contributed by atoms with van der Waals surface area (Å²) in [6.07, 6.45) is 3.32. The van der Waals surface area contributed by atoms with Crippen LogP contribution in [0.5, 0.6) is 0 Å². The number of nitrogens with one attached hydrogen (secondary N) is 2. The van der Waals surface area contributed by atoms with Gasteiger partial charge in [-0.15, -0.1) is 0 Å². The minimum Gasteiger partial charge on any atom is -0.323 e. The molecule has 0 fully saturated rings. The molecule has 120 valence electrons. The molecule has 0 saturated carbocycles. The maximum atomic E-state index is 12.0. The highest BCUT2D eigenvalue weighted by atomic mass is 16.1. The average Bonchev–Trinajstić information content (AvgIpc) is 3.01. The van der Waals surface area contributed by atoms with E-state index in [1.54, 1.807) is 6.08 Å². The van der Waals surface area contributed by atoms with Crippen LogP contribution in [0.3, 0.4) is 0 Å². The fourth-order valence-electron chi connectivity index (χ4n) is 2.21. The molecular weight excluding hydrogens is 300 g/mol. The van der Waals surface area contributed by atoms with Crippen molar-refractivity contribution < 1.29 is 4.79 Å². The zero-order valence-corrected chi connectivity index (χ0v) is 13.6. The van der Waals surface area contributed by atoms with Gasteiger partial charge in [-0.3, -0.25) is 9.89 Å². The van der Waals surface area contributed by atoms with Crippen LogP contribution in [0.15, 0.2) is 54.6 Å². The molecule has 3 rings (SSSR count). The fraction of sp³-hybridized carbons (Fsp3) is 0.105. The van der Waals surface area contributed by atoms with Gasteiger partial charge in [-0.25, -0.2) is 4.98 Å². The third-order valence-electron chi connectivity index (χ3n) is 3.51. The number of amides is 1. The Hall–Kier alpha value is -3.21. The second-order valence-corrected chi connectivity index (χ2v) is 5.56. The highest BCUT2D eigenvalue weighted by Crippen LogP contribution is 2.17. The Morgan fingerprint density at radius 3 is 2.38 bits per heavy atom. The number of H-pyrrole nitrogens is 1. The highest BCUT2D eigenvalue weighted by molar-refractivity contribution is 6.02. The summed E-state index contributed by atoms with van der Waals surface area (Å²) in [5.74, 6) is 1.24. The molecule has 0 bridgehead atoms. The van der Waals surface area contributed by atoms with Crippen molar-refractivity contribution in [1.82, 2.24) is 15.2 Å². The standard InChI is InChI=1S/C19H18N4O/c1-13-3-5-15(6-4-13)7-12-18(24)21-17-10-8-16(9-11-17)19-20-14(2)22-23-19/h3-12H,1-2H3,(H,21,24)(H,20,22,23)/b12-7+. The molecule has 0 atom stereocenters. The predicted molar refractivity (Wildman–Crippen MR) is 95.4 cm³/mol. The Kier molecular flexibility index (Phi) is 4.52. The number of anilines is 1. The number of hydrogen-bond acceptors (Lipinski definition) is 3. The Labute approximate surface area is 140 Å². The first-order valence-electron chi connectivity index (χ1n) is 7.65. The van der Waals surface area contributed by atoms with Gasteiger partial charge in [-0.1, -0.05) is 29.8 Å². The van der Waals surface area contributed by atoms with Crippen LogP contribution >= 0.6 is 0 Å². The lowest BCUT2D eigenvalue weighted by atomic mass is 10.1. The normalized spacial score (nSPS) is 10.9. The first-order valence-corrected chi connectivity index (χ1v) is 7.65. The number of hydrogen-bond donors (Lipinski definition) is 2. The quantitative estimate of drug-likeness (QED) is 0.720. The Morgan fingerprint density at radius 2 is 1.75 bits per heavy atom. The second kappa shape index (κ2) is 6.91. The average molecular weight is 318 g/mol. The first-order chi connectivity index (χ1) is 11.6. The van der Waals surface area contributed by atoms with Crippen LogP contribution in [0.1, 0.15) is 17.0 Å². The van der Waals surface area contributed by atoms with E-state index in [1.807, 2.05) is 62.4 Å². The molecule has 2 aromatic carbocycles. The van der Waals surface area contributed by atoms with Crippen molar-refractivity contribution in [1.29, 1.82) is 0 Å². The molecule has 0 unspecified atom stereocenters. The van der Waals surface area contributed by atoms with Gasteiger partial charge in [0.1, 0.15) is 5.82 Å². The van der Waals surface area contributed by atoms with Crippen molar-refractivity contribution in [3.8, 4) is 11.4 Å². The molecule has 0 aliphatic rings. The van der Waals surface area contributed by atoms with E-state index in [1.165, 1.54) is 11.6 Å². The molecule has 0 saturated heterocycles. The molecule has 0 spiro atoms. The lowest BCUT2D eigenvalue weighted by Crippen LogP contribution is -2.07. The molecule has 1 aromatic heterocycles. The molecule has 3 aromatic rings. The van der Waals surface area contributed by atoms with Gasteiger partial charge in [0.25, 0.3) is 0 Å². The molecule has 24 heavy (non-hydrogen) atoms. The summed E-state index contributed by atoms with van der Waals surface area (Å²) in [5.41, 5.74) is 3.81. The van der Waals surface area contributed by atoms with E-state index in [9.17, 15) is 4.79 Å². The number of aryl methyl sites for hydroxylation is 2. The van der Waals surface area contributed by atoms with Crippen molar-refractivity contribution in [2.24, 2.45) is 0 Å². The van der Waals surface area contributed by atoms with Gasteiger partial charge in [0, 0.05) is 17.3 Å². The third kappa shape index (κ3) is 3.95. The van der Waals surface area contributed by atoms with Crippen LogP contribution in [0, 0.1) is 13.8 Å². The van der Waals surface area contributed by atoms with Crippen molar-refractivity contribution in [2.45, 2.75) is 13.8 Å². The summed E-state index contributed by atoms with van der Waals surface area (Å²) >= 11 is 0. The van der Waals surface area contributed by atoms with Crippen molar-refractivity contribution in [2.75, 3.05) is 5.32 Å². The largest absolute Gasteiger partial charge is 0.323 e. The van der Waals surface area contributed by atoms with E-state index in [2.05, 4.69) is 20.5 Å². The number of carbonyl (C=O) groups excluding carboxylic acids is 1. The summed E-state index contributed by atoms with van der Waals surface area (Å²) in [7, 11) is 0. The van der Waals surface area contributed by atoms with Gasteiger partial charge in [0.05, 0.1) is 0 Å². The van der Waals surface area contributed by atoms with Crippen LogP contribution < -0.4 is 5.32 Å². The maximum absolute atomic E-state index is 12.0. The summed E-state index contributed by atoms with van der Waals surface area (Å²) in [6.45, 7) is 3.88. The van der Waals surface area contributed by atoms with Crippen LogP contribution in [0.2, 0.25) is 0 Å². The SMILES string of the molecule is Cc1ccc(/C=C/C(=O)Nc2ccc(-c3n[nH]c(C)n3)cc2)cc1. The summed E-state index contributed by atoms with van der Waals surface area (Å²) in [4.78, 5) is 16.3. The van der Waals surface area contributed by atoms with Gasteiger partial charge in [0.2, 0.25) is 5.91 Å². The number of aromatic nitrogens is 3. The second-order valence-electron chi connectivity index (χ2n) is 5.56. The van der Waals surface area contributed by atoms with E-state index >= 15 is 0 Å². The van der Waals surface area contributed by atoms with Gasteiger partial charge in [0.15, 0.2) is 5.82 Å².